The quantitative estimate of drug-likeness (QED) is 0.799. The number of hydrogen-bond acceptors (Lipinski definition) is 3. The third kappa shape index (κ3) is 3.99. The lowest BCUT2D eigenvalue weighted by atomic mass is 10.2. The summed E-state index contributed by atoms with van der Waals surface area (Å²) in [6, 6.07) is 5.43. The Bertz CT molecular complexity index is 601. The summed E-state index contributed by atoms with van der Waals surface area (Å²) in [7, 11) is 0. The van der Waals surface area contributed by atoms with Gasteiger partial charge in [0.25, 0.3) is 5.91 Å². The molecule has 1 aromatic heterocycles. The van der Waals surface area contributed by atoms with Crippen LogP contribution in [0, 0.1) is 0 Å². The SMILES string of the molecule is CCNCCNC(=O)c1sc2cc(Cl)ccc2c1Cl.Cl. The number of carbonyl (C=O) groups is 1. The topological polar surface area (TPSA) is 41.1 Å². The predicted molar refractivity (Wildman–Crippen MR) is 90.0 cm³/mol. The van der Waals surface area contributed by atoms with Crippen LogP contribution in [0.15, 0.2) is 18.2 Å². The number of nitrogens with one attached hydrogen (secondary N) is 2. The normalized spacial score (nSPS) is 10.3. The van der Waals surface area contributed by atoms with Crippen LogP contribution in [-0.4, -0.2) is 25.5 Å². The molecule has 1 heterocycles. The first-order valence-corrected chi connectivity index (χ1v) is 7.57. The van der Waals surface area contributed by atoms with Gasteiger partial charge in [-0.15, -0.1) is 23.7 Å². The Kier molecular flexibility index (Phi) is 7.06. The van der Waals surface area contributed by atoms with Gasteiger partial charge < -0.3 is 10.6 Å². The van der Waals surface area contributed by atoms with Gasteiger partial charge in [-0.05, 0) is 18.7 Å². The number of benzene rings is 1. The van der Waals surface area contributed by atoms with Crippen molar-refractivity contribution in [3.8, 4) is 0 Å². The highest BCUT2D eigenvalue weighted by Gasteiger charge is 2.16. The van der Waals surface area contributed by atoms with Crippen molar-refractivity contribution in [2.24, 2.45) is 0 Å². The van der Waals surface area contributed by atoms with Crippen LogP contribution < -0.4 is 10.6 Å². The number of rotatable bonds is 5. The highest BCUT2D eigenvalue weighted by Crippen LogP contribution is 2.36. The van der Waals surface area contributed by atoms with Gasteiger partial charge in [-0.2, -0.15) is 0 Å². The zero-order chi connectivity index (χ0) is 13.8. The first kappa shape index (κ1) is 17.5. The molecule has 3 nitrogen and oxygen atoms in total. The van der Waals surface area contributed by atoms with E-state index in [0.717, 1.165) is 23.2 Å². The highest BCUT2D eigenvalue weighted by atomic mass is 35.5. The Morgan fingerprint density at radius 2 is 2.05 bits per heavy atom. The molecule has 1 aromatic carbocycles. The minimum Gasteiger partial charge on any atom is -0.350 e. The Balaban J connectivity index is 0.00000200. The number of carbonyl (C=O) groups excluding carboxylic acids is 1. The second-order valence-electron chi connectivity index (χ2n) is 4.00. The second-order valence-corrected chi connectivity index (χ2v) is 5.86. The zero-order valence-corrected chi connectivity index (χ0v) is 14.0. The van der Waals surface area contributed by atoms with Crippen molar-refractivity contribution in [1.82, 2.24) is 10.6 Å². The van der Waals surface area contributed by atoms with Crippen molar-refractivity contribution in [2.75, 3.05) is 19.6 Å². The molecule has 1 amide bonds. The maximum Gasteiger partial charge on any atom is 0.262 e. The van der Waals surface area contributed by atoms with E-state index >= 15 is 0 Å². The lowest BCUT2D eigenvalue weighted by molar-refractivity contribution is 0.0958. The number of amides is 1. The number of thiophene rings is 1. The molecule has 0 aliphatic carbocycles. The van der Waals surface area contributed by atoms with Crippen LogP contribution in [0.4, 0.5) is 0 Å². The maximum absolute atomic E-state index is 12.0. The van der Waals surface area contributed by atoms with E-state index in [0.29, 0.717) is 21.5 Å². The number of halogens is 3. The van der Waals surface area contributed by atoms with Crippen LogP contribution in [0.3, 0.4) is 0 Å². The Hall–Kier alpha value is -0.520. The van der Waals surface area contributed by atoms with Gasteiger partial charge in [0.1, 0.15) is 4.88 Å². The van der Waals surface area contributed by atoms with Crippen molar-refractivity contribution in [1.29, 1.82) is 0 Å². The van der Waals surface area contributed by atoms with Crippen molar-refractivity contribution >= 4 is 62.9 Å². The van der Waals surface area contributed by atoms with Gasteiger partial charge in [-0.25, -0.2) is 0 Å². The average Bonchev–Trinajstić information content (AvgIpc) is 2.71. The molecule has 110 valence electrons. The molecule has 2 aromatic rings. The van der Waals surface area contributed by atoms with Crippen LogP contribution >= 0.6 is 46.9 Å². The predicted octanol–water partition coefficient (Wildman–Crippen LogP) is 3.97. The number of hydrogen-bond donors (Lipinski definition) is 2. The second kappa shape index (κ2) is 8.05. The average molecular weight is 354 g/mol. The van der Waals surface area contributed by atoms with E-state index < -0.39 is 0 Å². The molecule has 0 saturated carbocycles. The Morgan fingerprint density at radius 3 is 2.75 bits per heavy atom. The number of fused-ring (bicyclic) bond motifs is 1. The summed E-state index contributed by atoms with van der Waals surface area (Å²) >= 11 is 13.5. The fourth-order valence-electron chi connectivity index (χ4n) is 1.71. The minimum absolute atomic E-state index is 0. The molecule has 0 saturated heterocycles. The molecular weight excluding hydrogens is 339 g/mol. The fraction of sp³-hybridized carbons (Fsp3) is 0.308. The molecule has 7 heteroatoms. The molecule has 0 bridgehead atoms. The summed E-state index contributed by atoms with van der Waals surface area (Å²) in [5, 5.41) is 7.99. The monoisotopic (exact) mass is 352 g/mol. The molecule has 0 aliphatic heterocycles. The lowest BCUT2D eigenvalue weighted by Gasteiger charge is -2.04. The molecule has 2 N–H and O–H groups in total. The van der Waals surface area contributed by atoms with Crippen molar-refractivity contribution in [3.05, 3.63) is 33.1 Å². The summed E-state index contributed by atoms with van der Waals surface area (Å²) in [6.07, 6.45) is 0. The standard InChI is InChI=1S/C13H14Cl2N2OS.ClH/c1-2-16-5-6-17-13(18)12-11(15)9-4-3-8(14)7-10(9)19-12;/h3-4,7,16H,2,5-6H2,1H3,(H,17,18);1H. The summed E-state index contributed by atoms with van der Waals surface area (Å²) in [5.74, 6) is -0.139. The molecule has 0 radical (unpaired) electrons. The van der Waals surface area contributed by atoms with E-state index in [4.69, 9.17) is 23.2 Å². The van der Waals surface area contributed by atoms with Crippen molar-refractivity contribution < 1.29 is 4.79 Å². The van der Waals surface area contributed by atoms with Gasteiger partial charge in [0, 0.05) is 28.2 Å². The molecular formula is C13H15Cl3N2OS. The van der Waals surface area contributed by atoms with Gasteiger partial charge in [0.2, 0.25) is 0 Å². The van der Waals surface area contributed by atoms with Crippen molar-refractivity contribution in [2.45, 2.75) is 6.92 Å². The smallest absolute Gasteiger partial charge is 0.262 e. The highest BCUT2D eigenvalue weighted by molar-refractivity contribution is 7.21. The fourth-order valence-corrected chi connectivity index (χ4v) is 3.42. The van der Waals surface area contributed by atoms with Gasteiger partial charge in [-0.1, -0.05) is 36.2 Å². The van der Waals surface area contributed by atoms with E-state index in [9.17, 15) is 4.79 Å². The van der Waals surface area contributed by atoms with E-state index in [2.05, 4.69) is 10.6 Å². The van der Waals surface area contributed by atoms with Gasteiger partial charge >= 0.3 is 0 Å². The summed E-state index contributed by atoms with van der Waals surface area (Å²) < 4.78 is 0.925. The largest absolute Gasteiger partial charge is 0.350 e. The van der Waals surface area contributed by atoms with Gasteiger partial charge in [-0.3, -0.25) is 4.79 Å². The van der Waals surface area contributed by atoms with Crippen LogP contribution in [-0.2, 0) is 0 Å². The summed E-state index contributed by atoms with van der Waals surface area (Å²) in [6.45, 7) is 4.24. The Labute approximate surface area is 138 Å². The minimum atomic E-state index is -0.139. The summed E-state index contributed by atoms with van der Waals surface area (Å²) in [4.78, 5) is 12.6. The molecule has 0 unspecified atom stereocenters. The van der Waals surface area contributed by atoms with Crippen LogP contribution in [0.2, 0.25) is 10.0 Å². The van der Waals surface area contributed by atoms with E-state index in [-0.39, 0.29) is 18.3 Å². The molecule has 0 fully saturated rings. The molecule has 0 spiro atoms. The third-order valence-corrected chi connectivity index (χ3v) is 4.53. The number of likely N-dealkylation sites (N-methyl/N-ethyl adjacent to an activating group) is 1. The maximum atomic E-state index is 12.0. The van der Waals surface area contributed by atoms with Gasteiger partial charge in [0.15, 0.2) is 0 Å². The van der Waals surface area contributed by atoms with Crippen LogP contribution in [0.5, 0.6) is 0 Å². The molecule has 20 heavy (non-hydrogen) atoms. The molecule has 0 atom stereocenters. The third-order valence-electron chi connectivity index (χ3n) is 2.64. The zero-order valence-electron chi connectivity index (χ0n) is 10.8. The van der Waals surface area contributed by atoms with E-state index in [1.165, 1.54) is 11.3 Å². The van der Waals surface area contributed by atoms with Gasteiger partial charge in [0.05, 0.1) is 5.02 Å². The summed E-state index contributed by atoms with van der Waals surface area (Å²) in [5.41, 5.74) is 0. The molecule has 0 aliphatic rings. The van der Waals surface area contributed by atoms with Crippen molar-refractivity contribution in [3.63, 3.8) is 0 Å². The van der Waals surface area contributed by atoms with Crippen LogP contribution in [0.1, 0.15) is 16.6 Å². The lowest BCUT2D eigenvalue weighted by Crippen LogP contribution is -2.31. The Morgan fingerprint density at radius 1 is 1.30 bits per heavy atom. The molecule has 2 rings (SSSR count). The first-order chi connectivity index (χ1) is 9.13. The van der Waals surface area contributed by atoms with E-state index in [1.54, 1.807) is 6.07 Å². The van der Waals surface area contributed by atoms with Crippen LogP contribution in [0.25, 0.3) is 10.1 Å². The first-order valence-electron chi connectivity index (χ1n) is 6.00. The van der Waals surface area contributed by atoms with E-state index in [1.807, 2.05) is 19.1 Å².